The van der Waals surface area contributed by atoms with Crippen LogP contribution in [0.1, 0.15) is 38.0 Å². The Morgan fingerprint density at radius 1 is 1.47 bits per heavy atom. The molecule has 15 heavy (non-hydrogen) atoms. The topological polar surface area (TPSA) is 36.5 Å². The molecule has 4 heteroatoms. The molecule has 1 aliphatic carbocycles. The fraction of sp³-hybridized carbons (Fsp3) is 1.00. The van der Waals surface area contributed by atoms with Gasteiger partial charge in [0, 0.05) is 15.2 Å². The average Bonchev–Trinajstić information content (AvgIpc) is 2.37. The SMILES string of the molecule is [2H]N1C(C)C([2H])([2H])C([2H])(OC2CCC2)N([2H])C1([2H])N(C)C. The summed E-state index contributed by atoms with van der Waals surface area (Å²) in [5.41, 5.74) is 0. The zero-order chi connectivity index (χ0) is 16.2. The summed E-state index contributed by atoms with van der Waals surface area (Å²) in [6, 6.07) is -1.07. The second-order valence-electron chi connectivity index (χ2n) is 4.23. The van der Waals surface area contributed by atoms with Gasteiger partial charge >= 0.3 is 0 Å². The molecule has 3 atom stereocenters. The quantitative estimate of drug-likeness (QED) is 0.732. The van der Waals surface area contributed by atoms with Gasteiger partial charge < -0.3 is 4.74 Å². The van der Waals surface area contributed by atoms with Gasteiger partial charge in [0.15, 0.2) is 0 Å². The van der Waals surface area contributed by atoms with Gasteiger partial charge in [-0.15, -0.1) is 0 Å². The summed E-state index contributed by atoms with van der Waals surface area (Å²) in [6.45, 7) is 1.44. The molecular weight excluding hydrogens is 190 g/mol. The van der Waals surface area contributed by atoms with Gasteiger partial charge in [0.1, 0.15) is 15.3 Å². The smallest absolute Gasteiger partial charge is 0.128 e. The summed E-state index contributed by atoms with van der Waals surface area (Å²) >= 11 is 0. The normalized spacial score (nSPS) is 59.6. The van der Waals surface area contributed by atoms with Gasteiger partial charge in [-0.3, -0.25) is 15.5 Å². The Hall–Kier alpha value is -0.160. The van der Waals surface area contributed by atoms with Crippen LogP contribution in [0.5, 0.6) is 0 Å². The Kier molecular flexibility index (Phi) is 1.90. The van der Waals surface area contributed by atoms with Crippen molar-refractivity contribution in [3.8, 4) is 0 Å². The van der Waals surface area contributed by atoms with Crippen molar-refractivity contribution in [2.75, 3.05) is 14.1 Å². The van der Waals surface area contributed by atoms with E-state index in [4.69, 9.17) is 13.0 Å². The van der Waals surface area contributed by atoms with Crippen molar-refractivity contribution in [3.05, 3.63) is 0 Å². The van der Waals surface area contributed by atoms with Gasteiger partial charge in [0.05, 0.1) is 8.85 Å². The molecule has 2 N–H and O–H groups in total. The van der Waals surface area contributed by atoms with Crippen molar-refractivity contribution in [2.45, 2.75) is 57.2 Å². The fourth-order valence-corrected chi connectivity index (χ4v) is 1.46. The Morgan fingerprint density at radius 3 is 2.73 bits per heavy atom. The lowest BCUT2D eigenvalue weighted by molar-refractivity contribution is -0.100. The first-order chi connectivity index (χ1) is 9.49. The lowest BCUT2D eigenvalue weighted by Gasteiger charge is -2.41. The minimum Gasteiger partial charge on any atom is -0.360 e. The molecule has 0 spiro atoms. The Morgan fingerprint density at radius 2 is 2.20 bits per heavy atom. The van der Waals surface area contributed by atoms with Crippen molar-refractivity contribution >= 4 is 0 Å². The highest BCUT2D eigenvalue weighted by Crippen LogP contribution is 2.24. The van der Waals surface area contributed by atoms with Crippen LogP contribution in [0.25, 0.3) is 0 Å². The predicted octanol–water partition coefficient (Wildman–Crippen LogP) is 0.698. The van der Waals surface area contributed by atoms with Crippen molar-refractivity contribution in [1.82, 2.24) is 15.5 Å². The molecule has 1 saturated heterocycles. The van der Waals surface area contributed by atoms with E-state index in [1.807, 2.05) is 0 Å². The number of hydrogen-bond donors (Lipinski definition) is 2. The van der Waals surface area contributed by atoms with Crippen LogP contribution in [0.3, 0.4) is 0 Å². The molecule has 0 amide bonds. The largest absolute Gasteiger partial charge is 0.360 e. The lowest BCUT2D eigenvalue weighted by atomic mass is 9.96. The monoisotopic (exact) mass is 219 g/mol. The first-order valence-corrected chi connectivity index (χ1v) is 5.42. The second-order valence-corrected chi connectivity index (χ2v) is 4.23. The molecule has 2 rings (SSSR count). The molecule has 4 nitrogen and oxygen atoms in total. The Labute approximate surface area is 101 Å². The van der Waals surface area contributed by atoms with Crippen LogP contribution in [0, 0.1) is 0 Å². The van der Waals surface area contributed by atoms with Crippen LogP contribution < -0.4 is 10.6 Å². The van der Waals surface area contributed by atoms with E-state index in [-0.39, 0.29) is 6.10 Å². The van der Waals surface area contributed by atoms with Crippen LogP contribution in [-0.4, -0.2) is 43.6 Å². The first-order valence-electron chi connectivity index (χ1n) is 8.31. The number of rotatable bonds is 3. The zero-order valence-electron chi connectivity index (χ0n) is 15.5. The standard InChI is InChI=1S/C11H23N3O/c1-8-7-10(15-9-5-4-6-9)13-11(12-8)14(2)3/h8-13H,4-7H2,1-3H3/i7D2,10D,11D/hD2. The van der Waals surface area contributed by atoms with Gasteiger partial charge in [0.25, 0.3) is 0 Å². The predicted molar refractivity (Wildman–Crippen MR) is 60.3 cm³/mol. The highest BCUT2D eigenvalue weighted by atomic mass is 16.5. The maximum Gasteiger partial charge on any atom is 0.128 e. The third-order valence-electron chi connectivity index (χ3n) is 2.57. The van der Waals surface area contributed by atoms with E-state index < -0.39 is 24.9 Å². The van der Waals surface area contributed by atoms with Gasteiger partial charge in [-0.25, -0.2) is 0 Å². The van der Waals surface area contributed by atoms with Gasteiger partial charge in [-0.05, 0) is 40.3 Å². The molecule has 0 aromatic rings. The van der Waals surface area contributed by atoms with Crippen molar-refractivity contribution < 1.29 is 13.0 Å². The van der Waals surface area contributed by atoms with E-state index in [1.54, 1.807) is 0 Å². The number of ether oxygens (including phenoxy) is 1. The Bertz CT molecular complexity index is 409. The summed E-state index contributed by atoms with van der Waals surface area (Å²) in [5, 5.41) is 1.16. The maximum atomic E-state index is 8.45. The van der Waals surface area contributed by atoms with Crippen molar-refractivity contribution in [3.63, 3.8) is 0 Å². The minimum absolute atomic E-state index is 0.263. The van der Waals surface area contributed by atoms with Crippen molar-refractivity contribution in [2.24, 2.45) is 0 Å². The van der Waals surface area contributed by atoms with E-state index in [0.717, 1.165) is 19.3 Å². The summed E-state index contributed by atoms with van der Waals surface area (Å²) in [5.74, 6) is 0. The summed E-state index contributed by atoms with van der Waals surface area (Å²) in [4.78, 5) is 1.30. The zero-order valence-corrected chi connectivity index (χ0v) is 9.53. The van der Waals surface area contributed by atoms with Crippen LogP contribution in [0.15, 0.2) is 0 Å². The fourth-order valence-electron chi connectivity index (χ4n) is 1.46. The number of hydrogen-bond acceptors (Lipinski definition) is 4. The molecule has 0 bridgehead atoms. The van der Waals surface area contributed by atoms with Gasteiger partial charge in [-0.1, -0.05) is 0 Å². The molecular formula is C11H23N3O. The lowest BCUT2D eigenvalue weighted by Crippen LogP contribution is -2.64. The molecule has 0 radical (unpaired) electrons. The average molecular weight is 219 g/mol. The van der Waals surface area contributed by atoms with Crippen LogP contribution in [-0.2, 0) is 4.74 Å². The molecule has 1 heterocycles. The number of nitrogens with one attached hydrogen (secondary N) is 2. The van der Waals surface area contributed by atoms with Crippen molar-refractivity contribution in [1.29, 1.82) is 0 Å². The summed E-state index contributed by atoms with van der Waals surface area (Å²) in [6.07, 6.45) is -4.46. The highest BCUT2D eigenvalue weighted by molar-refractivity contribution is 4.81. The van der Waals surface area contributed by atoms with Crippen LogP contribution >= 0.6 is 0 Å². The van der Waals surface area contributed by atoms with E-state index in [2.05, 4.69) is 0 Å². The molecule has 3 unspecified atom stereocenters. The molecule has 0 aromatic heterocycles. The summed E-state index contributed by atoms with van der Waals surface area (Å²) in [7, 11) is 3.04. The van der Waals surface area contributed by atoms with Gasteiger partial charge in [0.2, 0.25) is 0 Å². The summed E-state index contributed by atoms with van der Waals surface area (Å²) < 4.78 is 55.0. The molecule has 1 aliphatic heterocycles. The third kappa shape index (κ3) is 2.91. The molecule has 2 aliphatic rings. The van der Waals surface area contributed by atoms with E-state index in [9.17, 15) is 0 Å². The van der Waals surface area contributed by atoms with Gasteiger partial charge in [-0.2, -0.15) is 0 Å². The van der Waals surface area contributed by atoms with E-state index >= 15 is 0 Å². The number of nitrogens with zero attached hydrogens (tertiary/aromatic N) is 1. The third-order valence-corrected chi connectivity index (χ3v) is 2.57. The second kappa shape index (κ2) is 4.78. The Balaban J connectivity index is 2.44. The van der Waals surface area contributed by atoms with E-state index in [1.165, 1.54) is 25.9 Å². The van der Waals surface area contributed by atoms with Crippen LogP contribution in [0.4, 0.5) is 0 Å². The molecule has 2 fully saturated rings. The highest BCUT2D eigenvalue weighted by Gasteiger charge is 2.30. The minimum atomic E-state index is -2.33. The molecule has 1 saturated carbocycles. The molecule has 0 aromatic carbocycles. The maximum absolute atomic E-state index is 8.45. The van der Waals surface area contributed by atoms with E-state index in [0.29, 0.717) is 10.6 Å². The molecule has 88 valence electrons. The first kappa shape index (κ1) is 5.96. The van der Waals surface area contributed by atoms with Crippen LogP contribution in [0.2, 0.25) is 2.82 Å².